The van der Waals surface area contributed by atoms with E-state index in [1.165, 1.54) is 25.9 Å². The molecule has 1 atom stereocenters. The van der Waals surface area contributed by atoms with E-state index in [0.717, 1.165) is 31.5 Å². The van der Waals surface area contributed by atoms with Gasteiger partial charge in [0.15, 0.2) is 0 Å². The number of hydrogen-bond acceptors (Lipinski definition) is 4. The van der Waals surface area contributed by atoms with E-state index in [2.05, 4.69) is 16.8 Å². The first-order chi connectivity index (χ1) is 11.2. The van der Waals surface area contributed by atoms with Gasteiger partial charge in [-0.3, -0.25) is 9.78 Å². The van der Waals surface area contributed by atoms with Gasteiger partial charge >= 0.3 is 0 Å². The second-order valence-electron chi connectivity index (χ2n) is 6.82. The van der Waals surface area contributed by atoms with Crippen LogP contribution >= 0.6 is 0 Å². The molecule has 5 heteroatoms. The molecule has 2 saturated heterocycles. The molecule has 1 aromatic heterocycles. The molecular formula is C18H27N3O2. The van der Waals surface area contributed by atoms with Crippen LogP contribution in [-0.4, -0.2) is 58.0 Å². The van der Waals surface area contributed by atoms with Crippen LogP contribution in [0.3, 0.4) is 0 Å². The van der Waals surface area contributed by atoms with Crippen molar-refractivity contribution in [2.75, 3.05) is 26.2 Å². The molecule has 3 heterocycles. The first-order valence-corrected chi connectivity index (χ1v) is 8.78. The van der Waals surface area contributed by atoms with E-state index in [4.69, 9.17) is 0 Å². The molecule has 0 bridgehead atoms. The predicted molar refractivity (Wildman–Crippen MR) is 89.1 cm³/mol. The van der Waals surface area contributed by atoms with Gasteiger partial charge in [-0.1, -0.05) is 0 Å². The highest BCUT2D eigenvalue weighted by atomic mass is 16.3. The molecule has 3 rings (SSSR count). The van der Waals surface area contributed by atoms with E-state index in [9.17, 15) is 9.90 Å². The van der Waals surface area contributed by atoms with Crippen LogP contribution in [0.1, 0.15) is 48.7 Å². The van der Waals surface area contributed by atoms with Crippen LogP contribution in [0.4, 0.5) is 0 Å². The molecule has 0 spiro atoms. The SMILES string of the molecule is C[C@@H](C1CCN(C(=O)c2cc(CO)ccn2)CC1)N1CCCC1. The molecule has 126 valence electrons. The maximum atomic E-state index is 12.6. The van der Waals surface area contributed by atoms with Crippen LogP contribution in [0.15, 0.2) is 18.3 Å². The van der Waals surface area contributed by atoms with E-state index in [1.807, 2.05) is 4.90 Å². The minimum Gasteiger partial charge on any atom is -0.392 e. The first kappa shape index (κ1) is 16.4. The molecule has 1 aromatic rings. The monoisotopic (exact) mass is 317 g/mol. The Labute approximate surface area is 138 Å². The number of nitrogens with zero attached hydrogens (tertiary/aromatic N) is 3. The number of aromatic nitrogens is 1. The molecule has 2 aliphatic rings. The topological polar surface area (TPSA) is 56.7 Å². The molecule has 0 aliphatic carbocycles. The van der Waals surface area contributed by atoms with Crippen molar-refractivity contribution in [1.82, 2.24) is 14.8 Å². The summed E-state index contributed by atoms with van der Waals surface area (Å²) in [4.78, 5) is 21.3. The summed E-state index contributed by atoms with van der Waals surface area (Å²) in [6.07, 6.45) is 6.40. The van der Waals surface area contributed by atoms with E-state index < -0.39 is 0 Å². The van der Waals surface area contributed by atoms with Crippen molar-refractivity contribution in [3.05, 3.63) is 29.6 Å². The number of aliphatic hydroxyl groups excluding tert-OH is 1. The molecule has 0 saturated carbocycles. The summed E-state index contributed by atoms with van der Waals surface area (Å²) in [7, 11) is 0. The minimum atomic E-state index is -0.0573. The number of hydrogen-bond donors (Lipinski definition) is 1. The van der Waals surface area contributed by atoms with Crippen LogP contribution < -0.4 is 0 Å². The van der Waals surface area contributed by atoms with Gasteiger partial charge in [0.05, 0.1) is 6.61 Å². The Bertz CT molecular complexity index is 535. The maximum Gasteiger partial charge on any atom is 0.272 e. The van der Waals surface area contributed by atoms with Gasteiger partial charge in [0.25, 0.3) is 5.91 Å². The Morgan fingerprint density at radius 2 is 2.00 bits per heavy atom. The zero-order chi connectivity index (χ0) is 16.2. The quantitative estimate of drug-likeness (QED) is 0.922. The number of carbonyl (C=O) groups is 1. The van der Waals surface area contributed by atoms with Gasteiger partial charge in [-0.05, 0) is 69.3 Å². The lowest BCUT2D eigenvalue weighted by atomic mass is 9.89. The Hall–Kier alpha value is -1.46. The summed E-state index contributed by atoms with van der Waals surface area (Å²) in [6.45, 7) is 6.38. The van der Waals surface area contributed by atoms with E-state index >= 15 is 0 Å². The molecule has 2 fully saturated rings. The number of likely N-dealkylation sites (tertiary alicyclic amines) is 2. The van der Waals surface area contributed by atoms with E-state index in [1.54, 1.807) is 18.3 Å². The fourth-order valence-electron chi connectivity index (χ4n) is 3.88. The Morgan fingerprint density at radius 3 is 2.65 bits per heavy atom. The fraction of sp³-hybridized carbons (Fsp3) is 0.667. The summed E-state index contributed by atoms with van der Waals surface area (Å²) in [5.74, 6) is 0.682. The van der Waals surface area contributed by atoms with Crippen molar-refractivity contribution in [1.29, 1.82) is 0 Å². The van der Waals surface area contributed by atoms with Gasteiger partial charge in [-0.25, -0.2) is 0 Å². The Morgan fingerprint density at radius 1 is 1.30 bits per heavy atom. The van der Waals surface area contributed by atoms with Gasteiger partial charge in [0, 0.05) is 25.3 Å². The van der Waals surface area contributed by atoms with Crippen LogP contribution in [0.5, 0.6) is 0 Å². The van der Waals surface area contributed by atoms with Crippen molar-refractivity contribution in [2.24, 2.45) is 5.92 Å². The third-order valence-electron chi connectivity index (χ3n) is 5.45. The van der Waals surface area contributed by atoms with E-state index in [0.29, 0.717) is 17.7 Å². The number of aliphatic hydroxyl groups is 1. The lowest BCUT2D eigenvalue weighted by molar-refractivity contribution is 0.0618. The summed E-state index contributed by atoms with van der Waals surface area (Å²) < 4.78 is 0. The molecule has 0 radical (unpaired) electrons. The van der Waals surface area contributed by atoms with Crippen molar-refractivity contribution in [3.8, 4) is 0 Å². The number of rotatable bonds is 4. The smallest absolute Gasteiger partial charge is 0.272 e. The molecule has 1 N–H and O–H groups in total. The molecule has 0 aromatic carbocycles. The number of amides is 1. The first-order valence-electron chi connectivity index (χ1n) is 8.78. The number of carbonyl (C=O) groups excluding carboxylic acids is 1. The summed E-state index contributed by atoms with van der Waals surface area (Å²) in [5, 5.41) is 9.20. The highest BCUT2D eigenvalue weighted by Gasteiger charge is 2.30. The van der Waals surface area contributed by atoms with Crippen molar-refractivity contribution in [3.63, 3.8) is 0 Å². The zero-order valence-electron chi connectivity index (χ0n) is 13.9. The van der Waals surface area contributed by atoms with Gasteiger partial charge in [-0.15, -0.1) is 0 Å². The van der Waals surface area contributed by atoms with Crippen LogP contribution in [0.2, 0.25) is 0 Å². The normalized spacial score (nSPS) is 21.6. The number of piperidine rings is 1. The van der Waals surface area contributed by atoms with Gasteiger partial charge < -0.3 is 14.9 Å². The lowest BCUT2D eigenvalue weighted by Gasteiger charge is -2.38. The Balaban J connectivity index is 1.56. The van der Waals surface area contributed by atoms with Gasteiger partial charge in [-0.2, -0.15) is 0 Å². The standard InChI is InChI=1S/C18H27N3O2/c1-14(20-8-2-3-9-20)16-5-10-21(11-6-16)18(23)17-12-15(13-22)4-7-19-17/h4,7,12,14,16,22H,2-3,5-6,8-11,13H2,1H3/t14-/m0/s1. The predicted octanol–water partition coefficient (Wildman–Crippen LogP) is 1.91. The van der Waals surface area contributed by atoms with E-state index in [-0.39, 0.29) is 12.5 Å². The highest BCUT2D eigenvalue weighted by Crippen LogP contribution is 2.27. The Kier molecular flexibility index (Phi) is 5.28. The van der Waals surface area contributed by atoms with Crippen LogP contribution in [0, 0.1) is 5.92 Å². The van der Waals surface area contributed by atoms with Crippen molar-refractivity contribution >= 4 is 5.91 Å². The highest BCUT2D eigenvalue weighted by molar-refractivity contribution is 5.92. The summed E-state index contributed by atoms with van der Waals surface area (Å²) in [6, 6.07) is 4.06. The number of pyridine rings is 1. The summed E-state index contributed by atoms with van der Waals surface area (Å²) >= 11 is 0. The zero-order valence-corrected chi connectivity index (χ0v) is 13.9. The molecular weight excluding hydrogens is 290 g/mol. The largest absolute Gasteiger partial charge is 0.392 e. The third kappa shape index (κ3) is 3.72. The summed E-state index contributed by atoms with van der Waals surface area (Å²) in [5.41, 5.74) is 1.18. The maximum absolute atomic E-state index is 12.6. The second-order valence-corrected chi connectivity index (χ2v) is 6.82. The van der Waals surface area contributed by atoms with Crippen molar-refractivity contribution < 1.29 is 9.90 Å². The molecule has 0 unspecified atom stereocenters. The average molecular weight is 317 g/mol. The lowest BCUT2D eigenvalue weighted by Crippen LogP contribution is -2.45. The third-order valence-corrected chi connectivity index (χ3v) is 5.45. The molecule has 5 nitrogen and oxygen atoms in total. The molecule has 2 aliphatic heterocycles. The van der Waals surface area contributed by atoms with Gasteiger partial charge in [0.1, 0.15) is 5.69 Å². The van der Waals surface area contributed by atoms with Gasteiger partial charge in [0.2, 0.25) is 0 Å². The van der Waals surface area contributed by atoms with Crippen LogP contribution in [0.25, 0.3) is 0 Å². The molecule has 23 heavy (non-hydrogen) atoms. The minimum absolute atomic E-state index is 0.00687. The molecule has 1 amide bonds. The average Bonchev–Trinajstić information content (AvgIpc) is 3.15. The fourth-order valence-corrected chi connectivity index (χ4v) is 3.88. The van der Waals surface area contributed by atoms with Crippen LogP contribution in [-0.2, 0) is 6.61 Å². The second kappa shape index (κ2) is 7.41. The van der Waals surface area contributed by atoms with Crippen molar-refractivity contribution in [2.45, 2.75) is 45.3 Å².